The predicted octanol–water partition coefficient (Wildman–Crippen LogP) is 1.42. The third-order valence-corrected chi connectivity index (χ3v) is 3.41. The molecule has 5 heteroatoms. The van der Waals surface area contributed by atoms with Crippen molar-refractivity contribution in [2.75, 3.05) is 14.2 Å². The van der Waals surface area contributed by atoms with Crippen molar-refractivity contribution in [3.63, 3.8) is 0 Å². The van der Waals surface area contributed by atoms with Crippen molar-refractivity contribution in [3.05, 3.63) is 23.8 Å². The number of rotatable bonds is 5. The molecule has 3 unspecified atom stereocenters. The number of carbonyl (C=O) groups is 1. The van der Waals surface area contributed by atoms with Gasteiger partial charge in [0, 0.05) is 6.04 Å². The first-order valence-electron chi connectivity index (χ1n) is 5.78. The zero-order valence-corrected chi connectivity index (χ0v) is 10.4. The Bertz CT molecular complexity index is 460. The van der Waals surface area contributed by atoms with E-state index in [0.717, 1.165) is 5.56 Å². The van der Waals surface area contributed by atoms with E-state index >= 15 is 0 Å². The molecule has 18 heavy (non-hydrogen) atoms. The molecule has 5 nitrogen and oxygen atoms in total. The maximum absolute atomic E-state index is 10.8. The standard InChI is InChI=1S/C13H17NO4/c1-17-10-4-3-7(5-11(10)18-2)12(14)8-6-9(8)13(15)16/h3-5,8-9,12H,6,14H2,1-2H3,(H,15,16). The number of nitrogens with two attached hydrogens (primary N) is 1. The van der Waals surface area contributed by atoms with Gasteiger partial charge in [0.25, 0.3) is 0 Å². The predicted molar refractivity (Wildman–Crippen MR) is 65.7 cm³/mol. The van der Waals surface area contributed by atoms with Crippen molar-refractivity contribution in [2.24, 2.45) is 17.6 Å². The molecule has 0 spiro atoms. The summed E-state index contributed by atoms with van der Waals surface area (Å²) in [5, 5.41) is 8.90. The van der Waals surface area contributed by atoms with Gasteiger partial charge in [0.15, 0.2) is 11.5 Å². The van der Waals surface area contributed by atoms with E-state index in [9.17, 15) is 4.79 Å². The van der Waals surface area contributed by atoms with Gasteiger partial charge in [0.2, 0.25) is 0 Å². The molecule has 3 N–H and O–H groups in total. The highest BCUT2D eigenvalue weighted by atomic mass is 16.5. The van der Waals surface area contributed by atoms with Gasteiger partial charge in [-0.1, -0.05) is 6.07 Å². The fourth-order valence-electron chi connectivity index (χ4n) is 2.20. The summed E-state index contributed by atoms with van der Waals surface area (Å²) in [5.74, 6) is 0.182. The lowest BCUT2D eigenvalue weighted by Gasteiger charge is -2.14. The Kier molecular flexibility index (Phi) is 3.43. The summed E-state index contributed by atoms with van der Waals surface area (Å²) in [7, 11) is 3.13. The van der Waals surface area contributed by atoms with E-state index in [1.807, 2.05) is 6.07 Å². The highest BCUT2D eigenvalue weighted by molar-refractivity contribution is 5.73. The Labute approximate surface area is 106 Å². The summed E-state index contributed by atoms with van der Waals surface area (Å²) in [6.45, 7) is 0. The van der Waals surface area contributed by atoms with Crippen molar-refractivity contribution in [3.8, 4) is 11.5 Å². The second-order valence-electron chi connectivity index (χ2n) is 4.48. The summed E-state index contributed by atoms with van der Waals surface area (Å²) < 4.78 is 10.4. The number of carboxylic acids is 1. The van der Waals surface area contributed by atoms with E-state index in [0.29, 0.717) is 17.9 Å². The Morgan fingerprint density at radius 3 is 2.56 bits per heavy atom. The molecule has 0 radical (unpaired) electrons. The van der Waals surface area contributed by atoms with Crippen molar-refractivity contribution in [1.29, 1.82) is 0 Å². The maximum atomic E-state index is 10.8. The summed E-state index contributed by atoms with van der Waals surface area (Å²) in [5.41, 5.74) is 6.96. The van der Waals surface area contributed by atoms with Crippen molar-refractivity contribution >= 4 is 5.97 Å². The molecule has 0 bridgehead atoms. The molecule has 1 saturated carbocycles. The summed E-state index contributed by atoms with van der Waals surface area (Å²) in [6, 6.07) is 5.17. The zero-order valence-electron chi connectivity index (χ0n) is 10.4. The molecular weight excluding hydrogens is 234 g/mol. The van der Waals surface area contributed by atoms with Gasteiger partial charge in [0.05, 0.1) is 20.1 Å². The van der Waals surface area contributed by atoms with Crippen LogP contribution in [0.4, 0.5) is 0 Å². The molecule has 0 saturated heterocycles. The molecule has 0 aromatic heterocycles. The van der Waals surface area contributed by atoms with Crippen LogP contribution in [-0.2, 0) is 4.79 Å². The average molecular weight is 251 g/mol. The maximum Gasteiger partial charge on any atom is 0.306 e. The Morgan fingerprint density at radius 1 is 1.39 bits per heavy atom. The van der Waals surface area contributed by atoms with E-state index in [4.69, 9.17) is 20.3 Å². The van der Waals surface area contributed by atoms with Crippen LogP contribution in [0.5, 0.6) is 11.5 Å². The second kappa shape index (κ2) is 4.86. The van der Waals surface area contributed by atoms with Crippen LogP contribution in [0.25, 0.3) is 0 Å². The molecule has 0 amide bonds. The minimum absolute atomic E-state index is 0.0144. The molecule has 0 heterocycles. The van der Waals surface area contributed by atoms with Gasteiger partial charge in [-0.05, 0) is 30.0 Å². The molecule has 1 aromatic rings. The fourth-order valence-corrected chi connectivity index (χ4v) is 2.20. The van der Waals surface area contributed by atoms with Gasteiger partial charge < -0.3 is 20.3 Å². The largest absolute Gasteiger partial charge is 0.493 e. The van der Waals surface area contributed by atoms with Crippen LogP contribution in [0.2, 0.25) is 0 Å². The Balaban J connectivity index is 2.16. The Hall–Kier alpha value is -1.75. The number of benzene rings is 1. The minimum Gasteiger partial charge on any atom is -0.493 e. The van der Waals surface area contributed by atoms with Gasteiger partial charge in [0.1, 0.15) is 0 Å². The van der Waals surface area contributed by atoms with Gasteiger partial charge in [-0.15, -0.1) is 0 Å². The third kappa shape index (κ3) is 2.26. The first kappa shape index (κ1) is 12.7. The molecule has 2 rings (SSSR count). The zero-order chi connectivity index (χ0) is 13.3. The number of hydrogen-bond donors (Lipinski definition) is 2. The SMILES string of the molecule is COc1ccc(C(N)C2CC2C(=O)O)cc1OC. The van der Waals surface area contributed by atoms with E-state index in [1.54, 1.807) is 26.4 Å². The fraction of sp³-hybridized carbons (Fsp3) is 0.462. The van der Waals surface area contributed by atoms with Crippen LogP contribution >= 0.6 is 0 Å². The normalized spacial score (nSPS) is 23.3. The minimum atomic E-state index is -0.768. The van der Waals surface area contributed by atoms with E-state index in [2.05, 4.69) is 0 Å². The number of carboxylic acid groups (broad SMARTS) is 1. The van der Waals surface area contributed by atoms with Crippen LogP contribution in [-0.4, -0.2) is 25.3 Å². The highest BCUT2D eigenvalue weighted by Crippen LogP contribution is 2.47. The lowest BCUT2D eigenvalue weighted by Crippen LogP contribution is -2.15. The quantitative estimate of drug-likeness (QED) is 0.827. The molecule has 1 aliphatic carbocycles. The third-order valence-electron chi connectivity index (χ3n) is 3.41. The lowest BCUT2D eigenvalue weighted by molar-refractivity contribution is -0.138. The van der Waals surface area contributed by atoms with Crippen molar-refractivity contribution in [2.45, 2.75) is 12.5 Å². The van der Waals surface area contributed by atoms with Gasteiger partial charge in [-0.25, -0.2) is 0 Å². The molecule has 0 aliphatic heterocycles. The Morgan fingerprint density at radius 2 is 2.06 bits per heavy atom. The van der Waals surface area contributed by atoms with Crippen LogP contribution in [0.1, 0.15) is 18.0 Å². The molecule has 3 atom stereocenters. The van der Waals surface area contributed by atoms with E-state index < -0.39 is 5.97 Å². The summed E-state index contributed by atoms with van der Waals surface area (Å²) in [4.78, 5) is 10.8. The lowest BCUT2D eigenvalue weighted by atomic mass is 10.0. The van der Waals surface area contributed by atoms with Crippen molar-refractivity contribution < 1.29 is 19.4 Å². The molecule has 1 aromatic carbocycles. The number of aliphatic carboxylic acids is 1. The summed E-state index contributed by atoms with van der Waals surface area (Å²) in [6.07, 6.45) is 0.644. The number of ether oxygens (including phenoxy) is 2. The first-order valence-corrected chi connectivity index (χ1v) is 5.78. The smallest absolute Gasteiger partial charge is 0.306 e. The molecule has 1 aliphatic rings. The topological polar surface area (TPSA) is 81.8 Å². The highest BCUT2D eigenvalue weighted by Gasteiger charge is 2.47. The van der Waals surface area contributed by atoms with Crippen molar-refractivity contribution in [1.82, 2.24) is 0 Å². The van der Waals surface area contributed by atoms with Crippen LogP contribution in [0.3, 0.4) is 0 Å². The van der Waals surface area contributed by atoms with Gasteiger partial charge in [-0.2, -0.15) is 0 Å². The van der Waals surface area contributed by atoms with E-state index in [1.165, 1.54) is 0 Å². The molecule has 1 fully saturated rings. The second-order valence-corrected chi connectivity index (χ2v) is 4.48. The molecule has 98 valence electrons. The molecular formula is C13H17NO4. The monoisotopic (exact) mass is 251 g/mol. The first-order chi connectivity index (χ1) is 8.58. The van der Waals surface area contributed by atoms with Gasteiger partial charge >= 0.3 is 5.97 Å². The number of methoxy groups -OCH3 is 2. The van der Waals surface area contributed by atoms with Crippen LogP contribution in [0, 0.1) is 11.8 Å². The van der Waals surface area contributed by atoms with Crippen LogP contribution < -0.4 is 15.2 Å². The number of hydrogen-bond acceptors (Lipinski definition) is 4. The summed E-state index contributed by atoms with van der Waals surface area (Å²) >= 11 is 0. The van der Waals surface area contributed by atoms with Gasteiger partial charge in [-0.3, -0.25) is 4.79 Å². The average Bonchev–Trinajstić information content (AvgIpc) is 3.17. The van der Waals surface area contributed by atoms with Crippen LogP contribution in [0.15, 0.2) is 18.2 Å². The van der Waals surface area contributed by atoms with E-state index in [-0.39, 0.29) is 17.9 Å².